The van der Waals surface area contributed by atoms with Crippen LogP contribution >= 0.6 is 0 Å². The van der Waals surface area contributed by atoms with Crippen molar-refractivity contribution in [1.82, 2.24) is 5.48 Å². The molecule has 1 aromatic rings. The zero-order valence-electron chi connectivity index (χ0n) is 10.3. The third-order valence-corrected chi connectivity index (χ3v) is 2.65. The zero-order valence-corrected chi connectivity index (χ0v) is 10.3. The van der Waals surface area contributed by atoms with Crippen molar-refractivity contribution in [2.24, 2.45) is 0 Å². The molecule has 6 heteroatoms. The summed E-state index contributed by atoms with van der Waals surface area (Å²) in [4.78, 5) is 4.69. The van der Waals surface area contributed by atoms with Crippen molar-refractivity contribution >= 4 is 0 Å². The lowest BCUT2D eigenvalue weighted by molar-refractivity contribution is 0.0145. The Morgan fingerprint density at radius 3 is 2.44 bits per heavy atom. The van der Waals surface area contributed by atoms with Crippen LogP contribution in [0.25, 0.3) is 0 Å². The van der Waals surface area contributed by atoms with Gasteiger partial charge in [-0.2, -0.15) is 5.48 Å². The van der Waals surface area contributed by atoms with Crippen LogP contribution in [0.5, 0.6) is 11.5 Å². The molecule has 4 nitrogen and oxygen atoms in total. The quantitative estimate of drug-likeness (QED) is 0.842. The minimum Gasteiger partial charge on any atom is -0.486 e. The number of rotatable bonds is 4. The molecule has 0 atom stereocenters. The summed E-state index contributed by atoms with van der Waals surface area (Å²) < 4.78 is 37.8. The summed E-state index contributed by atoms with van der Waals surface area (Å²) in [5, 5.41) is 0. The molecule has 0 aromatic heterocycles. The van der Waals surface area contributed by atoms with Crippen molar-refractivity contribution < 1.29 is 23.1 Å². The number of hydrogen-bond donors (Lipinski definition) is 1. The second-order valence-electron chi connectivity index (χ2n) is 4.07. The van der Waals surface area contributed by atoms with E-state index in [1.54, 1.807) is 6.07 Å². The smallest absolute Gasteiger partial charge is 0.270 e. The number of hydrogen-bond acceptors (Lipinski definition) is 4. The number of nitrogens with one attached hydrogen (secondary N) is 1. The van der Waals surface area contributed by atoms with Gasteiger partial charge >= 0.3 is 0 Å². The first-order valence-electron chi connectivity index (χ1n) is 5.59. The molecule has 0 radical (unpaired) electrons. The molecule has 0 amide bonds. The molecule has 1 N–H and O–H groups in total. The van der Waals surface area contributed by atoms with Gasteiger partial charge in [-0.15, -0.1) is 0 Å². The zero-order chi connectivity index (χ0) is 13.2. The topological polar surface area (TPSA) is 39.7 Å². The van der Waals surface area contributed by atoms with Crippen LogP contribution in [0.2, 0.25) is 0 Å². The molecule has 0 saturated carbocycles. The summed E-state index contributed by atoms with van der Waals surface area (Å²) in [6, 6.07) is 2.90. The van der Waals surface area contributed by atoms with E-state index in [2.05, 4.69) is 5.48 Å². The Bertz CT molecular complexity index is 432. The highest BCUT2D eigenvalue weighted by Gasteiger charge is 2.30. The summed E-state index contributed by atoms with van der Waals surface area (Å²) in [6.45, 7) is 1.82. The lowest BCUT2D eigenvalue weighted by Gasteiger charge is -2.23. The predicted molar refractivity (Wildman–Crippen MR) is 60.8 cm³/mol. The summed E-state index contributed by atoms with van der Waals surface area (Å²) in [5.41, 5.74) is 2.89. The van der Waals surface area contributed by atoms with E-state index in [0.29, 0.717) is 30.3 Å². The van der Waals surface area contributed by atoms with E-state index in [1.165, 1.54) is 13.2 Å². The molecule has 1 aliphatic heterocycles. The van der Waals surface area contributed by atoms with Crippen LogP contribution in [0, 0.1) is 0 Å². The van der Waals surface area contributed by atoms with Crippen LogP contribution in [0.3, 0.4) is 0 Å². The highest BCUT2D eigenvalue weighted by Crippen LogP contribution is 2.39. The van der Waals surface area contributed by atoms with Crippen molar-refractivity contribution in [2.45, 2.75) is 19.4 Å². The van der Waals surface area contributed by atoms with Gasteiger partial charge in [0.15, 0.2) is 11.5 Å². The highest BCUT2D eigenvalue weighted by atomic mass is 19.3. The van der Waals surface area contributed by atoms with Crippen LogP contribution in [-0.4, -0.2) is 20.3 Å². The maximum Gasteiger partial charge on any atom is 0.270 e. The molecular weight excluding hydrogens is 244 g/mol. The average molecular weight is 259 g/mol. The molecule has 0 bridgehead atoms. The fourth-order valence-corrected chi connectivity index (χ4v) is 1.84. The normalized spacial score (nSPS) is 14.7. The third-order valence-electron chi connectivity index (χ3n) is 2.65. The molecule has 0 unspecified atom stereocenters. The summed E-state index contributed by atoms with van der Waals surface area (Å²) in [7, 11) is 1.43. The van der Waals surface area contributed by atoms with E-state index in [0.717, 1.165) is 6.92 Å². The predicted octanol–water partition coefficient (Wildman–Crippen LogP) is 2.22. The molecule has 0 aliphatic carbocycles. The molecule has 0 saturated heterocycles. The van der Waals surface area contributed by atoms with E-state index in [9.17, 15) is 8.78 Å². The van der Waals surface area contributed by atoms with Crippen molar-refractivity contribution in [2.75, 3.05) is 20.3 Å². The van der Waals surface area contributed by atoms with Gasteiger partial charge in [-0.3, -0.25) is 0 Å². The van der Waals surface area contributed by atoms with Crippen molar-refractivity contribution in [3.63, 3.8) is 0 Å². The van der Waals surface area contributed by atoms with Crippen molar-refractivity contribution in [1.29, 1.82) is 0 Å². The first-order chi connectivity index (χ1) is 8.52. The summed E-state index contributed by atoms with van der Waals surface area (Å²) in [5.74, 6) is -2.10. The van der Waals surface area contributed by atoms with Gasteiger partial charge in [0, 0.05) is 19.0 Å². The van der Waals surface area contributed by atoms with Crippen molar-refractivity contribution in [3.05, 3.63) is 23.3 Å². The Labute approximate surface area is 104 Å². The van der Waals surface area contributed by atoms with Crippen LogP contribution in [0.1, 0.15) is 18.1 Å². The summed E-state index contributed by atoms with van der Waals surface area (Å²) in [6.07, 6.45) is 0. The minimum atomic E-state index is -2.94. The fraction of sp³-hybridized carbons (Fsp3) is 0.500. The maximum atomic E-state index is 13.5. The van der Waals surface area contributed by atoms with Gasteiger partial charge in [0.25, 0.3) is 5.92 Å². The number of fused-ring (bicyclic) bond motifs is 1. The lowest BCUT2D eigenvalue weighted by Crippen LogP contribution is -2.20. The average Bonchev–Trinajstić information content (AvgIpc) is 2.34. The molecular formula is C12H15F2NO3. The van der Waals surface area contributed by atoms with Crippen LogP contribution < -0.4 is 15.0 Å². The highest BCUT2D eigenvalue weighted by molar-refractivity contribution is 5.49. The minimum absolute atomic E-state index is 0.0868. The first kappa shape index (κ1) is 13.0. The third kappa shape index (κ3) is 2.70. The Hall–Kier alpha value is -1.40. The van der Waals surface area contributed by atoms with Gasteiger partial charge in [0.1, 0.15) is 13.2 Å². The molecule has 1 heterocycles. The van der Waals surface area contributed by atoms with Gasteiger partial charge in [-0.1, -0.05) is 0 Å². The monoisotopic (exact) mass is 259 g/mol. The van der Waals surface area contributed by atoms with Crippen LogP contribution in [-0.2, 0) is 17.3 Å². The number of ether oxygens (including phenoxy) is 2. The van der Waals surface area contributed by atoms with Crippen LogP contribution in [0.15, 0.2) is 12.1 Å². The van der Waals surface area contributed by atoms with Gasteiger partial charge in [-0.25, -0.2) is 8.78 Å². The molecule has 2 rings (SSSR count). The number of alkyl halides is 2. The number of benzene rings is 1. The Morgan fingerprint density at radius 1 is 1.28 bits per heavy atom. The molecule has 0 fully saturated rings. The van der Waals surface area contributed by atoms with Gasteiger partial charge in [-0.05, 0) is 17.7 Å². The second kappa shape index (κ2) is 5.07. The molecule has 1 aliphatic rings. The maximum absolute atomic E-state index is 13.5. The largest absolute Gasteiger partial charge is 0.486 e. The Balaban J connectivity index is 2.41. The van der Waals surface area contributed by atoms with E-state index < -0.39 is 5.92 Å². The van der Waals surface area contributed by atoms with E-state index in [1.807, 2.05) is 0 Å². The van der Waals surface area contributed by atoms with Crippen LogP contribution in [0.4, 0.5) is 8.78 Å². The number of halogens is 2. The lowest BCUT2D eigenvalue weighted by atomic mass is 10.0. The fourth-order valence-electron chi connectivity index (χ4n) is 1.84. The standard InChI is InChI=1S/C12H15F2NO3/c1-12(13,14)9-6-11-10(17-3-4-18-11)5-8(9)7-15-16-2/h5-6,15H,3-4,7H2,1-2H3. The molecule has 100 valence electrons. The Kier molecular flexibility index (Phi) is 3.68. The van der Waals surface area contributed by atoms with E-state index in [-0.39, 0.29) is 12.1 Å². The van der Waals surface area contributed by atoms with E-state index >= 15 is 0 Å². The Morgan fingerprint density at radius 2 is 1.89 bits per heavy atom. The van der Waals surface area contributed by atoms with Gasteiger partial charge < -0.3 is 14.3 Å². The molecule has 1 aromatic carbocycles. The first-order valence-corrected chi connectivity index (χ1v) is 5.59. The van der Waals surface area contributed by atoms with E-state index in [4.69, 9.17) is 14.3 Å². The summed E-state index contributed by atoms with van der Waals surface area (Å²) >= 11 is 0. The molecule has 18 heavy (non-hydrogen) atoms. The van der Waals surface area contributed by atoms with Crippen molar-refractivity contribution in [3.8, 4) is 11.5 Å². The number of hydroxylamine groups is 1. The van der Waals surface area contributed by atoms with Gasteiger partial charge in [0.05, 0.1) is 7.11 Å². The van der Waals surface area contributed by atoms with Gasteiger partial charge in [0.2, 0.25) is 0 Å². The molecule has 0 spiro atoms. The SMILES string of the molecule is CONCc1cc2c(cc1C(C)(F)F)OCCO2. The second-order valence-corrected chi connectivity index (χ2v) is 4.07.